The molecule has 1 saturated heterocycles. The monoisotopic (exact) mass is 266 g/mol. The topological polar surface area (TPSA) is 49.4 Å². The zero-order valence-electron chi connectivity index (χ0n) is 12.3. The first-order valence-corrected chi connectivity index (χ1v) is 7.51. The van der Waals surface area contributed by atoms with Crippen LogP contribution in [-0.2, 0) is 9.59 Å². The largest absolute Gasteiger partial charge is 0.352 e. The lowest BCUT2D eigenvalue weighted by atomic mass is 9.89. The van der Waals surface area contributed by atoms with Crippen LogP contribution in [0, 0.1) is 17.8 Å². The van der Waals surface area contributed by atoms with Crippen LogP contribution in [0.2, 0.25) is 0 Å². The molecule has 2 unspecified atom stereocenters. The third-order valence-electron chi connectivity index (χ3n) is 4.11. The molecule has 2 fully saturated rings. The van der Waals surface area contributed by atoms with Crippen molar-refractivity contribution in [3.63, 3.8) is 0 Å². The minimum absolute atomic E-state index is 0.00835. The van der Waals surface area contributed by atoms with Crippen LogP contribution in [0.15, 0.2) is 0 Å². The summed E-state index contributed by atoms with van der Waals surface area (Å²) in [6.45, 7) is 7.00. The summed E-state index contributed by atoms with van der Waals surface area (Å²) in [5.74, 6) is 1.69. The van der Waals surface area contributed by atoms with Gasteiger partial charge in [0, 0.05) is 32.0 Å². The zero-order valence-corrected chi connectivity index (χ0v) is 12.3. The lowest BCUT2D eigenvalue weighted by molar-refractivity contribution is -0.137. The van der Waals surface area contributed by atoms with Gasteiger partial charge in [-0.05, 0) is 24.7 Å². The Balaban J connectivity index is 1.97. The lowest BCUT2D eigenvalue weighted by Gasteiger charge is -2.39. The quantitative estimate of drug-likeness (QED) is 0.843. The van der Waals surface area contributed by atoms with Crippen molar-refractivity contribution in [2.45, 2.75) is 52.5 Å². The van der Waals surface area contributed by atoms with E-state index in [2.05, 4.69) is 5.32 Å². The molecule has 0 aromatic heterocycles. The molecule has 4 nitrogen and oxygen atoms in total. The van der Waals surface area contributed by atoms with Gasteiger partial charge in [-0.15, -0.1) is 0 Å². The minimum atomic E-state index is 0.00835. The van der Waals surface area contributed by atoms with Gasteiger partial charge in [-0.2, -0.15) is 0 Å². The molecule has 19 heavy (non-hydrogen) atoms. The molecule has 1 N–H and O–H groups in total. The SMILES string of the molecule is CC(=O)NC1CC(CC2CC2)CN(C(=O)C(C)C)C1. The molecule has 2 amide bonds. The molecule has 0 aromatic carbocycles. The normalized spacial score (nSPS) is 27.5. The third-order valence-corrected chi connectivity index (χ3v) is 4.11. The molecule has 4 heteroatoms. The molecule has 2 rings (SSSR count). The Hall–Kier alpha value is -1.06. The number of nitrogens with one attached hydrogen (secondary N) is 1. The first-order valence-electron chi connectivity index (χ1n) is 7.51. The first kappa shape index (κ1) is 14.4. The molecule has 0 aromatic rings. The fraction of sp³-hybridized carbons (Fsp3) is 0.867. The molecule has 0 bridgehead atoms. The number of piperidine rings is 1. The standard InChI is InChI=1S/C15H26N2O2/c1-10(2)15(19)17-8-13(6-12-4-5-12)7-14(9-17)16-11(3)18/h10,12-14H,4-9H2,1-3H3,(H,16,18). The summed E-state index contributed by atoms with van der Waals surface area (Å²) < 4.78 is 0. The molecule has 1 aliphatic heterocycles. The average Bonchev–Trinajstić information content (AvgIpc) is 3.10. The van der Waals surface area contributed by atoms with Crippen LogP contribution in [0.3, 0.4) is 0 Å². The fourth-order valence-electron chi connectivity index (χ4n) is 3.14. The highest BCUT2D eigenvalue weighted by Gasteiger charge is 2.34. The van der Waals surface area contributed by atoms with Crippen molar-refractivity contribution in [1.82, 2.24) is 10.2 Å². The molecule has 1 heterocycles. The second kappa shape index (κ2) is 5.93. The van der Waals surface area contributed by atoms with Crippen LogP contribution in [0.5, 0.6) is 0 Å². The van der Waals surface area contributed by atoms with Gasteiger partial charge in [-0.3, -0.25) is 9.59 Å². The van der Waals surface area contributed by atoms with Crippen LogP contribution < -0.4 is 5.32 Å². The Morgan fingerprint density at radius 2 is 1.89 bits per heavy atom. The van der Waals surface area contributed by atoms with Crippen molar-refractivity contribution in [2.24, 2.45) is 17.8 Å². The second-order valence-corrected chi connectivity index (χ2v) is 6.58. The van der Waals surface area contributed by atoms with Crippen LogP contribution in [-0.4, -0.2) is 35.8 Å². The van der Waals surface area contributed by atoms with Gasteiger partial charge in [0.2, 0.25) is 11.8 Å². The van der Waals surface area contributed by atoms with E-state index in [0.717, 1.165) is 18.9 Å². The van der Waals surface area contributed by atoms with Crippen molar-refractivity contribution in [3.8, 4) is 0 Å². The van der Waals surface area contributed by atoms with Gasteiger partial charge >= 0.3 is 0 Å². The molecule has 0 spiro atoms. The van der Waals surface area contributed by atoms with Crippen molar-refractivity contribution >= 4 is 11.8 Å². The second-order valence-electron chi connectivity index (χ2n) is 6.58. The maximum absolute atomic E-state index is 12.2. The van der Waals surface area contributed by atoms with Gasteiger partial charge < -0.3 is 10.2 Å². The van der Waals surface area contributed by atoms with Crippen molar-refractivity contribution < 1.29 is 9.59 Å². The van der Waals surface area contributed by atoms with E-state index in [9.17, 15) is 9.59 Å². The smallest absolute Gasteiger partial charge is 0.225 e. The number of rotatable bonds is 4. The van der Waals surface area contributed by atoms with Gasteiger partial charge in [0.1, 0.15) is 0 Å². The van der Waals surface area contributed by atoms with Crippen LogP contribution >= 0.6 is 0 Å². The molecule has 108 valence electrons. The van der Waals surface area contributed by atoms with Crippen molar-refractivity contribution in [2.75, 3.05) is 13.1 Å². The van der Waals surface area contributed by atoms with Crippen molar-refractivity contribution in [1.29, 1.82) is 0 Å². The Kier molecular flexibility index (Phi) is 4.48. The van der Waals surface area contributed by atoms with Crippen LogP contribution in [0.25, 0.3) is 0 Å². The molecule has 1 saturated carbocycles. The van der Waals surface area contributed by atoms with Crippen LogP contribution in [0.4, 0.5) is 0 Å². The van der Waals surface area contributed by atoms with Crippen molar-refractivity contribution in [3.05, 3.63) is 0 Å². The number of carbonyl (C=O) groups is 2. The van der Waals surface area contributed by atoms with Gasteiger partial charge in [-0.1, -0.05) is 26.7 Å². The van der Waals surface area contributed by atoms with E-state index >= 15 is 0 Å². The lowest BCUT2D eigenvalue weighted by Crippen LogP contribution is -2.53. The number of likely N-dealkylation sites (tertiary alicyclic amines) is 1. The summed E-state index contributed by atoms with van der Waals surface area (Å²) in [6, 6.07) is 0.137. The Morgan fingerprint density at radius 1 is 1.21 bits per heavy atom. The maximum Gasteiger partial charge on any atom is 0.225 e. The predicted octanol–water partition coefficient (Wildman–Crippen LogP) is 1.80. The maximum atomic E-state index is 12.2. The van der Waals surface area contributed by atoms with Crippen LogP contribution in [0.1, 0.15) is 46.5 Å². The van der Waals surface area contributed by atoms with E-state index in [4.69, 9.17) is 0 Å². The van der Waals surface area contributed by atoms with Gasteiger partial charge in [0.15, 0.2) is 0 Å². The highest BCUT2D eigenvalue weighted by atomic mass is 16.2. The number of hydrogen-bond donors (Lipinski definition) is 1. The Labute approximate surface area is 115 Å². The number of hydrogen-bond acceptors (Lipinski definition) is 2. The molecule has 1 aliphatic carbocycles. The summed E-state index contributed by atoms with van der Waals surface area (Å²) in [5, 5.41) is 3.00. The van der Waals surface area contributed by atoms with E-state index in [0.29, 0.717) is 12.5 Å². The van der Waals surface area contributed by atoms with Gasteiger partial charge in [0.05, 0.1) is 0 Å². The highest BCUT2D eigenvalue weighted by Crippen LogP contribution is 2.37. The molecular weight excluding hydrogens is 240 g/mol. The first-order chi connectivity index (χ1) is 8.95. The van der Waals surface area contributed by atoms with E-state index in [-0.39, 0.29) is 23.8 Å². The molecule has 2 atom stereocenters. The number of nitrogens with zero attached hydrogens (tertiary/aromatic N) is 1. The Bertz CT molecular complexity index is 350. The minimum Gasteiger partial charge on any atom is -0.352 e. The van der Waals surface area contributed by atoms with Gasteiger partial charge in [0.25, 0.3) is 0 Å². The molecule has 0 radical (unpaired) electrons. The number of amides is 2. The summed E-state index contributed by atoms with van der Waals surface area (Å²) in [4.78, 5) is 25.4. The van der Waals surface area contributed by atoms with E-state index in [1.807, 2.05) is 18.7 Å². The molecular formula is C15H26N2O2. The summed E-state index contributed by atoms with van der Waals surface area (Å²) >= 11 is 0. The Morgan fingerprint density at radius 3 is 2.42 bits per heavy atom. The fourth-order valence-corrected chi connectivity index (χ4v) is 3.14. The zero-order chi connectivity index (χ0) is 14.0. The van der Waals surface area contributed by atoms with Gasteiger partial charge in [-0.25, -0.2) is 0 Å². The average molecular weight is 266 g/mol. The predicted molar refractivity (Wildman–Crippen MR) is 74.5 cm³/mol. The third kappa shape index (κ3) is 4.22. The van der Waals surface area contributed by atoms with E-state index < -0.39 is 0 Å². The number of carbonyl (C=O) groups excluding carboxylic acids is 2. The van der Waals surface area contributed by atoms with E-state index in [1.165, 1.54) is 19.3 Å². The highest BCUT2D eigenvalue weighted by molar-refractivity contribution is 5.78. The van der Waals surface area contributed by atoms with E-state index in [1.54, 1.807) is 6.92 Å². The summed E-state index contributed by atoms with van der Waals surface area (Å²) in [6.07, 6.45) is 4.94. The molecule has 2 aliphatic rings. The summed E-state index contributed by atoms with van der Waals surface area (Å²) in [5.41, 5.74) is 0. The summed E-state index contributed by atoms with van der Waals surface area (Å²) in [7, 11) is 0.